The van der Waals surface area contributed by atoms with Crippen molar-refractivity contribution in [1.82, 2.24) is 9.97 Å². The zero-order valence-electron chi connectivity index (χ0n) is 11.1. The third-order valence-electron chi connectivity index (χ3n) is 2.67. The van der Waals surface area contributed by atoms with Crippen molar-refractivity contribution in [3.63, 3.8) is 0 Å². The summed E-state index contributed by atoms with van der Waals surface area (Å²) in [5.41, 5.74) is 0.967. The number of hydrogen-bond acceptors (Lipinski definition) is 6. The van der Waals surface area contributed by atoms with Crippen LogP contribution in [0.25, 0.3) is 0 Å². The van der Waals surface area contributed by atoms with E-state index in [2.05, 4.69) is 15.3 Å². The molecule has 0 radical (unpaired) electrons. The van der Waals surface area contributed by atoms with Crippen LogP contribution < -0.4 is 10.1 Å². The number of aromatic nitrogens is 2. The van der Waals surface area contributed by atoms with Gasteiger partial charge < -0.3 is 10.1 Å². The molecule has 2 aromatic rings. The highest BCUT2D eigenvalue weighted by Crippen LogP contribution is 2.34. The fourth-order valence-electron chi connectivity index (χ4n) is 1.64. The van der Waals surface area contributed by atoms with E-state index in [-0.39, 0.29) is 16.8 Å². The highest BCUT2D eigenvalue weighted by molar-refractivity contribution is 6.31. The number of hydrogen-bond donors (Lipinski definition) is 1. The van der Waals surface area contributed by atoms with Gasteiger partial charge in [-0.15, -0.1) is 0 Å². The van der Waals surface area contributed by atoms with E-state index in [1.54, 1.807) is 19.1 Å². The lowest BCUT2D eigenvalue weighted by molar-refractivity contribution is -0.384. The van der Waals surface area contributed by atoms with Crippen LogP contribution in [0.2, 0.25) is 10.3 Å². The number of rotatable bonds is 4. The third kappa shape index (κ3) is 3.32. The topological polar surface area (TPSA) is 90.2 Å². The SMILES string of the molecule is COc1cc(Cl)c(C)cc1Nc1nc(Cl)ncc1[N+](=O)[O-]. The van der Waals surface area contributed by atoms with E-state index in [9.17, 15) is 10.1 Å². The van der Waals surface area contributed by atoms with Gasteiger partial charge in [-0.3, -0.25) is 10.1 Å². The van der Waals surface area contributed by atoms with Crippen molar-refractivity contribution in [2.45, 2.75) is 6.92 Å². The van der Waals surface area contributed by atoms with Crippen LogP contribution in [0.5, 0.6) is 5.75 Å². The van der Waals surface area contributed by atoms with Gasteiger partial charge in [0.15, 0.2) is 0 Å². The lowest BCUT2D eigenvalue weighted by Gasteiger charge is -2.12. The standard InChI is InChI=1S/C12H10Cl2N4O3/c1-6-3-8(10(21-2)4-7(6)13)16-11-9(18(19)20)5-15-12(14)17-11/h3-5H,1-2H3,(H,15,16,17). The molecule has 1 N–H and O–H groups in total. The Hall–Kier alpha value is -2.12. The number of aryl methyl sites for hydroxylation is 1. The van der Waals surface area contributed by atoms with E-state index >= 15 is 0 Å². The monoisotopic (exact) mass is 328 g/mol. The maximum Gasteiger partial charge on any atom is 0.329 e. The first kappa shape index (κ1) is 15.3. The van der Waals surface area contributed by atoms with Gasteiger partial charge >= 0.3 is 5.69 Å². The molecule has 0 unspecified atom stereocenters. The fraction of sp³-hybridized carbons (Fsp3) is 0.167. The summed E-state index contributed by atoms with van der Waals surface area (Å²) in [5.74, 6) is 0.398. The van der Waals surface area contributed by atoms with Crippen molar-refractivity contribution in [2.24, 2.45) is 0 Å². The van der Waals surface area contributed by atoms with Gasteiger partial charge in [-0.05, 0) is 30.2 Å². The number of nitrogens with zero attached hydrogens (tertiary/aromatic N) is 3. The molecular weight excluding hydrogens is 319 g/mol. The van der Waals surface area contributed by atoms with E-state index < -0.39 is 4.92 Å². The zero-order chi connectivity index (χ0) is 15.6. The second-order valence-corrected chi connectivity index (χ2v) is 4.80. The molecule has 0 aliphatic heterocycles. The van der Waals surface area contributed by atoms with Crippen LogP contribution in [0.4, 0.5) is 17.2 Å². The second kappa shape index (κ2) is 6.11. The van der Waals surface area contributed by atoms with Crippen molar-refractivity contribution in [2.75, 3.05) is 12.4 Å². The average molecular weight is 329 g/mol. The molecule has 0 bridgehead atoms. The quantitative estimate of drug-likeness (QED) is 0.522. The van der Waals surface area contributed by atoms with E-state index in [4.69, 9.17) is 27.9 Å². The second-order valence-electron chi connectivity index (χ2n) is 4.06. The van der Waals surface area contributed by atoms with Crippen molar-refractivity contribution in [3.05, 3.63) is 44.3 Å². The Morgan fingerprint density at radius 2 is 2.10 bits per heavy atom. The van der Waals surface area contributed by atoms with Crippen molar-refractivity contribution in [1.29, 1.82) is 0 Å². The van der Waals surface area contributed by atoms with Gasteiger partial charge in [0.05, 0.1) is 17.7 Å². The molecular formula is C12H10Cl2N4O3. The molecule has 0 fully saturated rings. The van der Waals surface area contributed by atoms with E-state index in [0.717, 1.165) is 11.8 Å². The van der Waals surface area contributed by atoms with E-state index in [1.807, 2.05) is 0 Å². The van der Waals surface area contributed by atoms with Crippen LogP contribution in [-0.2, 0) is 0 Å². The first-order valence-electron chi connectivity index (χ1n) is 5.70. The Morgan fingerprint density at radius 1 is 1.38 bits per heavy atom. The minimum atomic E-state index is -0.603. The van der Waals surface area contributed by atoms with Gasteiger partial charge in [0, 0.05) is 11.1 Å². The molecule has 7 nitrogen and oxygen atoms in total. The lowest BCUT2D eigenvalue weighted by atomic mass is 10.2. The maximum absolute atomic E-state index is 11.0. The molecule has 0 saturated carbocycles. The van der Waals surface area contributed by atoms with Gasteiger partial charge in [0.1, 0.15) is 11.9 Å². The molecule has 0 aliphatic rings. The molecule has 0 saturated heterocycles. The average Bonchev–Trinajstić information content (AvgIpc) is 2.42. The predicted molar refractivity (Wildman–Crippen MR) is 79.7 cm³/mol. The summed E-state index contributed by atoms with van der Waals surface area (Å²) in [6, 6.07) is 3.30. The summed E-state index contributed by atoms with van der Waals surface area (Å²) in [5, 5.41) is 14.2. The van der Waals surface area contributed by atoms with Crippen molar-refractivity contribution >= 4 is 40.4 Å². The molecule has 1 heterocycles. The van der Waals surface area contributed by atoms with Gasteiger partial charge in [0.25, 0.3) is 0 Å². The number of halogens is 2. The summed E-state index contributed by atoms with van der Waals surface area (Å²) >= 11 is 11.7. The minimum Gasteiger partial charge on any atom is -0.495 e. The smallest absolute Gasteiger partial charge is 0.329 e. The molecule has 0 atom stereocenters. The largest absolute Gasteiger partial charge is 0.495 e. The van der Waals surface area contributed by atoms with Gasteiger partial charge in [-0.1, -0.05) is 11.6 Å². The Bertz CT molecular complexity index is 709. The van der Waals surface area contributed by atoms with Gasteiger partial charge in [0.2, 0.25) is 11.1 Å². The summed E-state index contributed by atoms with van der Waals surface area (Å²) < 4.78 is 5.19. The first-order chi connectivity index (χ1) is 9.92. The Labute approximate surface area is 130 Å². The van der Waals surface area contributed by atoms with Crippen LogP contribution in [0.3, 0.4) is 0 Å². The molecule has 0 aliphatic carbocycles. The highest BCUT2D eigenvalue weighted by atomic mass is 35.5. The number of anilines is 2. The highest BCUT2D eigenvalue weighted by Gasteiger charge is 2.19. The molecule has 1 aromatic heterocycles. The van der Waals surface area contributed by atoms with Crippen LogP contribution >= 0.6 is 23.2 Å². The number of ether oxygens (including phenoxy) is 1. The Kier molecular flexibility index (Phi) is 4.44. The van der Waals surface area contributed by atoms with Crippen LogP contribution in [0, 0.1) is 17.0 Å². The third-order valence-corrected chi connectivity index (χ3v) is 3.26. The Morgan fingerprint density at radius 3 is 2.71 bits per heavy atom. The van der Waals surface area contributed by atoms with Crippen LogP contribution in [0.15, 0.2) is 18.3 Å². The van der Waals surface area contributed by atoms with Gasteiger partial charge in [-0.2, -0.15) is 4.98 Å². The predicted octanol–water partition coefficient (Wildman–Crippen LogP) is 3.75. The first-order valence-corrected chi connectivity index (χ1v) is 6.46. The number of benzene rings is 1. The summed E-state index contributed by atoms with van der Waals surface area (Å²) in [6.07, 6.45) is 1.03. The van der Waals surface area contributed by atoms with Crippen LogP contribution in [0.1, 0.15) is 5.56 Å². The number of methoxy groups -OCH3 is 1. The number of nitrogens with one attached hydrogen (secondary N) is 1. The Balaban J connectivity index is 2.49. The van der Waals surface area contributed by atoms with Crippen LogP contribution in [-0.4, -0.2) is 22.0 Å². The zero-order valence-corrected chi connectivity index (χ0v) is 12.6. The fourth-order valence-corrected chi connectivity index (χ4v) is 1.92. The summed E-state index contributed by atoms with van der Waals surface area (Å²) in [7, 11) is 1.47. The maximum atomic E-state index is 11.0. The van der Waals surface area contributed by atoms with E-state index in [1.165, 1.54) is 7.11 Å². The lowest BCUT2D eigenvalue weighted by Crippen LogP contribution is -2.03. The molecule has 110 valence electrons. The van der Waals surface area contributed by atoms with Crippen molar-refractivity contribution < 1.29 is 9.66 Å². The van der Waals surface area contributed by atoms with Crippen molar-refractivity contribution in [3.8, 4) is 5.75 Å². The normalized spacial score (nSPS) is 10.3. The van der Waals surface area contributed by atoms with E-state index in [0.29, 0.717) is 16.5 Å². The molecule has 21 heavy (non-hydrogen) atoms. The minimum absolute atomic E-state index is 0.0278. The summed E-state index contributed by atoms with van der Waals surface area (Å²) in [6.45, 7) is 1.80. The molecule has 9 heteroatoms. The molecule has 1 aromatic carbocycles. The summed E-state index contributed by atoms with van der Waals surface area (Å²) in [4.78, 5) is 17.8. The van der Waals surface area contributed by atoms with Gasteiger partial charge in [-0.25, -0.2) is 4.98 Å². The number of nitro groups is 1. The molecule has 0 amide bonds. The molecule has 0 spiro atoms. The molecule has 2 rings (SSSR count).